The molecule has 0 aromatic carbocycles. The minimum atomic E-state index is 0.663. The molecule has 4 heteroatoms. The molecule has 1 heterocycles. The maximum atomic E-state index is 5.12. The molecule has 0 radical (unpaired) electrons. The molecular formula is C11H23N3O. The maximum absolute atomic E-state index is 5.12. The average molecular weight is 213 g/mol. The van der Waals surface area contributed by atoms with Crippen molar-refractivity contribution in [1.29, 1.82) is 0 Å². The zero-order valence-electron chi connectivity index (χ0n) is 10.1. The number of hydrogen-bond donors (Lipinski definition) is 1. The summed E-state index contributed by atoms with van der Waals surface area (Å²) in [6.45, 7) is 7.83. The number of hydrogen-bond acceptors (Lipinski definition) is 4. The van der Waals surface area contributed by atoms with Crippen LogP contribution in [-0.4, -0.2) is 49.9 Å². The van der Waals surface area contributed by atoms with Gasteiger partial charge in [0.25, 0.3) is 0 Å². The van der Waals surface area contributed by atoms with Crippen LogP contribution in [0.3, 0.4) is 0 Å². The summed E-state index contributed by atoms with van der Waals surface area (Å²) in [5.41, 5.74) is 0.967. The Morgan fingerprint density at radius 2 is 2.07 bits per heavy atom. The monoisotopic (exact) mass is 213 g/mol. The van der Waals surface area contributed by atoms with Crippen molar-refractivity contribution in [2.24, 2.45) is 5.16 Å². The van der Waals surface area contributed by atoms with Gasteiger partial charge < -0.3 is 15.1 Å². The quantitative estimate of drug-likeness (QED) is 0.422. The smallest absolute Gasteiger partial charge is 0.129 e. The molecule has 0 aliphatic carbocycles. The van der Waals surface area contributed by atoms with E-state index in [4.69, 9.17) is 4.84 Å². The van der Waals surface area contributed by atoms with E-state index in [0.717, 1.165) is 12.3 Å². The molecule has 0 aromatic heterocycles. The van der Waals surface area contributed by atoms with Crippen LogP contribution in [0.25, 0.3) is 0 Å². The molecule has 0 saturated carbocycles. The summed E-state index contributed by atoms with van der Waals surface area (Å²) in [7, 11) is 2.18. The number of oxime groups is 1. The highest BCUT2D eigenvalue weighted by molar-refractivity contribution is 5.78. The second-order valence-electron chi connectivity index (χ2n) is 4.40. The van der Waals surface area contributed by atoms with Gasteiger partial charge in [0.05, 0.1) is 5.71 Å². The van der Waals surface area contributed by atoms with Crippen LogP contribution in [0.15, 0.2) is 5.16 Å². The highest BCUT2D eigenvalue weighted by Crippen LogP contribution is 2.07. The lowest BCUT2D eigenvalue weighted by Crippen LogP contribution is -2.41. The Kier molecular flexibility index (Phi) is 5.65. The van der Waals surface area contributed by atoms with E-state index in [0.29, 0.717) is 12.6 Å². The van der Waals surface area contributed by atoms with Gasteiger partial charge in [-0.15, -0.1) is 0 Å². The van der Waals surface area contributed by atoms with Gasteiger partial charge in [-0.3, -0.25) is 0 Å². The van der Waals surface area contributed by atoms with Gasteiger partial charge >= 0.3 is 0 Å². The number of nitrogens with one attached hydrogen (secondary N) is 1. The largest absolute Gasteiger partial charge is 0.395 e. The molecule has 1 fully saturated rings. The van der Waals surface area contributed by atoms with Crippen molar-refractivity contribution in [3.05, 3.63) is 0 Å². The predicted octanol–water partition coefficient (Wildman–Crippen LogP) is 1.08. The summed E-state index contributed by atoms with van der Waals surface area (Å²) in [6.07, 6.45) is 2.49. The van der Waals surface area contributed by atoms with E-state index in [-0.39, 0.29) is 0 Å². The van der Waals surface area contributed by atoms with Crippen LogP contribution in [0.5, 0.6) is 0 Å². The Hall–Kier alpha value is -0.610. The van der Waals surface area contributed by atoms with Crippen molar-refractivity contribution >= 4 is 5.71 Å². The van der Waals surface area contributed by atoms with Crippen LogP contribution in [0.2, 0.25) is 0 Å². The van der Waals surface area contributed by atoms with E-state index in [1.54, 1.807) is 0 Å². The molecule has 4 nitrogen and oxygen atoms in total. The molecule has 0 amide bonds. The number of piperidine rings is 1. The van der Waals surface area contributed by atoms with Crippen molar-refractivity contribution in [2.45, 2.75) is 32.7 Å². The molecule has 1 N–H and O–H groups in total. The molecule has 15 heavy (non-hydrogen) atoms. The zero-order valence-corrected chi connectivity index (χ0v) is 10.1. The molecule has 88 valence electrons. The Labute approximate surface area is 92.7 Å². The number of likely N-dealkylation sites (tertiary alicyclic amines) is 1. The van der Waals surface area contributed by atoms with Crippen LogP contribution in [-0.2, 0) is 4.84 Å². The number of rotatable bonds is 5. The van der Waals surface area contributed by atoms with Gasteiger partial charge in [0.2, 0.25) is 0 Å². The first-order valence-corrected chi connectivity index (χ1v) is 5.73. The van der Waals surface area contributed by atoms with Crippen molar-refractivity contribution in [2.75, 3.05) is 33.3 Å². The molecule has 0 aromatic rings. The van der Waals surface area contributed by atoms with Gasteiger partial charge in [0, 0.05) is 12.6 Å². The van der Waals surface area contributed by atoms with Crippen molar-refractivity contribution in [3.8, 4) is 0 Å². The highest BCUT2D eigenvalue weighted by Gasteiger charge is 2.15. The predicted molar refractivity (Wildman–Crippen MR) is 63.3 cm³/mol. The third-order valence-corrected chi connectivity index (χ3v) is 2.59. The second kappa shape index (κ2) is 6.80. The zero-order chi connectivity index (χ0) is 11.1. The first-order valence-electron chi connectivity index (χ1n) is 5.73. The van der Waals surface area contributed by atoms with Crippen molar-refractivity contribution in [1.82, 2.24) is 10.2 Å². The van der Waals surface area contributed by atoms with E-state index in [1.165, 1.54) is 25.9 Å². The second-order valence-corrected chi connectivity index (χ2v) is 4.40. The molecule has 1 aliphatic heterocycles. The number of nitrogens with zero attached hydrogens (tertiary/aromatic N) is 2. The fourth-order valence-corrected chi connectivity index (χ4v) is 1.70. The molecule has 1 rings (SSSR count). The summed E-state index contributed by atoms with van der Waals surface area (Å²) in [4.78, 5) is 7.50. The summed E-state index contributed by atoms with van der Waals surface area (Å²) in [5.74, 6) is 0. The summed E-state index contributed by atoms with van der Waals surface area (Å²) in [5, 5.41) is 7.38. The SMILES string of the molecule is CC(C)=NOCCNC1CCN(C)CC1. The minimum Gasteiger partial charge on any atom is -0.395 e. The lowest BCUT2D eigenvalue weighted by atomic mass is 10.1. The molecule has 1 saturated heterocycles. The molecule has 0 spiro atoms. The van der Waals surface area contributed by atoms with Crippen LogP contribution in [0.4, 0.5) is 0 Å². The van der Waals surface area contributed by atoms with E-state index >= 15 is 0 Å². The van der Waals surface area contributed by atoms with E-state index in [1.807, 2.05) is 13.8 Å². The lowest BCUT2D eigenvalue weighted by Gasteiger charge is -2.29. The Morgan fingerprint density at radius 3 is 2.67 bits per heavy atom. The first-order chi connectivity index (χ1) is 7.18. The Balaban J connectivity index is 1.98. The van der Waals surface area contributed by atoms with E-state index in [9.17, 15) is 0 Å². The van der Waals surface area contributed by atoms with E-state index < -0.39 is 0 Å². The van der Waals surface area contributed by atoms with Crippen LogP contribution < -0.4 is 5.32 Å². The normalized spacial score (nSPS) is 18.9. The highest BCUT2D eigenvalue weighted by atomic mass is 16.6. The summed E-state index contributed by atoms with van der Waals surface area (Å²) in [6, 6.07) is 0.663. The fourth-order valence-electron chi connectivity index (χ4n) is 1.70. The van der Waals surface area contributed by atoms with Crippen LogP contribution in [0.1, 0.15) is 26.7 Å². The van der Waals surface area contributed by atoms with Crippen molar-refractivity contribution < 1.29 is 4.84 Å². The molecule has 0 atom stereocenters. The Morgan fingerprint density at radius 1 is 1.40 bits per heavy atom. The van der Waals surface area contributed by atoms with Gasteiger partial charge in [-0.1, -0.05) is 5.16 Å². The Bertz CT molecular complexity index is 194. The standard InChI is InChI=1S/C11H23N3O/c1-10(2)13-15-9-6-12-11-4-7-14(3)8-5-11/h11-12H,4-9H2,1-3H3. The lowest BCUT2D eigenvalue weighted by molar-refractivity contribution is 0.138. The van der Waals surface area contributed by atoms with Crippen molar-refractivity contribution in [3.63, 3.8) is 0 Å². The third-order valence-electron chi connectivity index (χ3n) is 2.59. The average Bonchev–Trinajstić information content (AvgIpc) is 2.20. The van der Waals surface area contributed by atoms with Gasteiger partial charge in [-0.2, -0.15) is 0 Å². The fraction of sp³-hybridized carbons (Fsp3) is 0.909. The van der Waals surface area contributed by atoms with Crippen LogP contribution >= 0.6 is 0 Å². The van der Waals surface area contributed by atoms with Gasteiger partial charge in [-0.25, -0.2) is 0 Å². The first kappa shape index (κ1) is 12.5. The molecule has 0 unspecified atom stereocenters. The van der Waals surface area contributed by atoms with Gasteiger partial charge in [-0.05, 0) is 46.8 Å². The topological polar surface area (TPSA) is 36.9 Å². The third kappa shape index (κ3) is 5.74. The maximum Gasteiger partial charge on any atom is 0.129 e. The molecular weight excluding hydrogens is 190 g/mol. The molecule has 0 bridgehead atoms. The summed E-state index contributed by atoms with van der Waals surface area (Å²) >= 11 is 0. The van der Waals surface area contributed by atoms with E-state index in [2.05, 4.69) is 22.4 Å². The van der Waals surface area contributed by atoms with Crippen LogP contribution in [0, 0.1) is 0 Å². The minimum absolute atomic E-state index is 0.663. The van der Waals surface area contributed by atoms with Gasteiger partial charge in [0.15, 0.2) is 0 Å². The summed E-state index contributed by atoms with van der Waals surface area (Å²) < 4.78 is 0. The molecule has 1 aliphatic rings. The van der Waals surface area contributed by atoms with Gasteiger partial charge in [0.1, 0.15) is 6.61 Å².